The summed E-state index contributed by atoms with van der Waals surface area (Å²) in [6.07, 6.45) is 5.08. The Hall–Kier alpha value is -2.57. The number of nitrogens with zero attached hydrogens (tertiary/aromatic N) is 6. The van der Waals surface area contributed by atoms with Crippen molar-refractivity contribution in [1.29, 1.82) is 0 Å². The Bertz CT molecular complexity index is 765. The fourth-order valence-corrected chi connectivity index (χ4v) is 2.16. The van der Waals surface area contributed by atoms with Gasteiger partial charge in [-0.15, -0.1) is 0 Å². The Morgan fingerprint density at radius 2 is 2.10 bits per heavy atom. The lowest BCUT2D eigenvalue weighted by atomic mass is 10.3. The number of imidazole rings is 1. The molecule has 0 saturated carbocycles. The van der Waals surface area contributed by atoms with Crippen LogP contribution in [-0.4, -0.2) is 29.5 Å². The number of fused-ring (bicyclic) bond motifs is 1. The summed E-state index contributed by atoms with van der Waals surface area (Å²) in [6, 6.07) is 1.82. The molecule has 0 aromatic carbocycles. The second-order valence-corrected chi connectivity index (χ2v) is 4.85. The summed E-state index contributed by atoms with van der Waals surface area (Å²) >= 11 is 0. The first-order valence-corrected chi connectivity index (χ1v) is 6.91. The average Bonchev–Trinajstić information content (AvgIpc) is 2.91. The average molecular weight is 283 g/mol. The number of anilines is 1. The van der Waals surface area contributed by atoms with Crippen molar-refractivity contribution in [2.45, 2.75) is 33.4 Å². The lowest BCUT2D eigenvalue weighted by Gasteiger charge is -2.13. The zero-order chi connectivity index (χ0) is 14.8. The third-order valence-electron chi connectivity index (χ3n) is 3.30. The van der Waals surface area contributed by atoms with Crippen LogP contribution >= 0.6 is 0 Å². The minimum atomic E-state index is -0.0604. The molecule has 7 heteroatoms. The van der Waals surface area contributed by atoms with E-state index in [1.807, 2.05) is 24.5 Å². The Labute approximate surface area is 122 Å². The van der Waals surface area contributed by atoms with E-state index in [-0.39, 0.29) is 6.04 Å². The molecule has 1 unspecified atom stereocenters. The van der Waals surface area contributed by atoms with E-state index >= 15 is 0 Å². The topological polar surface area (TPSA) is 81.4 Å². The maximum absolute atomic E-state index is 4.43. The smallest absolute Gasteiger partial charge is 0.165 e. The van der Waals surface area contributed by atoms with E-state index in [2.05, 4.69) is 37.2 Å². The predicted octanol–water partition coefficient (Wildman–Crippen LogP) is 2.12. The molecule has 7 nitrogen and oxygen atoms in total. The molecule has 3 rings (SSSR count). The third kappa shape index (κ3) is 2.54. The highest BCUT2D eigenvalue weighted by Gasteiger charge is 2.14. The molecular weight excluding hydrogens is 266 g/mol. The van der Waals surface area contributed by atoms with Gasteiger partial charge in [0.15, 0.2) is 11.5 Å². The molecule has 3 aromatic rings. The summed E-state index contributed by atoms with van der Waals surface area (Å²) in [7, 11) is 0. The van der Waals surface area contributed by atoms with Gasteiger partial charge in [0.1, 0.15) is 17.7 Å². The molecular formula is C14H17N7. The standard InChI is InChI=1S/C14H17N7/c1-4-21-8-18-11-13(16-7-17-14(11)21)20-10(3)12-15-6-5-9(2)19-12/h5-8,10H,4H2,1-3H3,(H,16,17,20). The van der Waals surface area contributed by atoms with Crippen LogP contribution in [0.2, 0.25) is 0 Å². The SMILES string of the molecule is CCn1cnc2c(NC(C)c3nccc(C)n3)ncnc21. The third-order valence-corrected chi connectivity index (χ3v) is 3.30. The van der Waals surface area contributed by atoms with Crippen molar-refractivity contribution in [2.24, 2.45) is 0 Å². The van der Waals surface area contributed by atoms with E-state index in [9.17, 15) is 0 Å². The Balaban J connectivity index is 1.93. The Morgan fingerprint density at radius 3 is 2.86 bits per heavy atom. The maximum atomic E-state index is 4.43. The maximum Gasteiger partial charge on any atom is 0.165 e. The molecule has 0 aliphatic rings. The summed E-state index contributed by atoms with van der Waals surface area (Å²) in [5, 5.41) is 3.31. The first-order chi connectivity index (χ1) is 10.2. The number of aromatic nitrogens is 6. The summed E-state index contributed by atoms with van der Waals surface area (Å²) in [4.78, 5) is 21.7. The van der Waals surface area contributed by atoms with Gasteiger partial charge in [-0.2, -0.15) is 0 Å². The van der Waals surface area contributed by atoms with Crippen molar-refractivity contribution in [3.8, 4) is 0 Å². The lowest BCUT2D eigenvalue weighted by Crippen LogP contribution is -2.12. The van der Waals surface area contributed by atoms with Gasteiger partial charge in [-0.05, 0) is 26.8 Å². The zero-order valence-corrected chi connectivity index (χ0v) is 12.3. The molecule has 3 heterocycles. The molecule has 0 fully saturated rings. The van der Waals surface area contributed by atoms with Crippen LogP contribution in [0, 0.1) is 6.92 Å². The molecule has 0 aliphatic carbocycles. The van der Waals surface area contributed by atoms with Crippen molar-refractivity contribution in [2.75, 3.05) is 5.32 Å². The highest BCUT2D eigenvalue weighted by Crippen LogP contribution is 2.21. The fourth-order valence-electron chi connectivity index (χ4n) is 2.16. The molecule has 0 spiro atoms. The van der Waals surface area contributed by atoms with E-state index in [1.54, 1.807) is 18.9 Å². The predicted molar refractivity (Wildman–Crippen MR) is 79.8 cm³/mol. The summed E-state index contributed by atoms with van der Waals surface area (Å²) in [5.74, 6) is 1.43. The Kier molecular flexibility index (Phi) is 3.47. The minimum Gasteiger partial charge on any atom is -0.358 e. The number of rotatable bonds is 4. The molecule has 108 valence electrons. The van der Waals surface area contributed by atoms with Crippen LogP contribution in [0.25, 0.3) is 11.2 Å². The second-order valence-electron chi connectivity index (χ2n) is 4.85. The van der Waals surface area contributed by atoms with Gasteiger partial charge in [-0.3, -0.25) is 0 Å². The molecule has 1 atom stereocenters. The largest absolute Gasteiger partial charge is 0.358 e. The monoisotopic (exact) mass is 283 g/mol. The van der Waals surface area contributed by atoms with Gasteiger partial charge < -0.3 is 9.88 Å². The molecule has 0 radical (unpaired) electrons. The normalized spacial score (nSPS) is 12.5. The van der Waals surface area contributed by atoms with Gasteiger partial charge in [0.2, 0.25) is 0 Å². The number of hydrogen-bond acceptors (Lipinski definition) is 6. The molecule has 21 heavy (non-hydrogen) atoms. The highest BCUT2D eigenvalue weighted by atomic mass is 15.2. The van der Waals surface area contributed by atoms with E-state index in [0.29, 0.717) is 5.82 Å². The highest BCUT2D eigenvalue weighted by molar-refractivity contribution is 5.82. The van der Waals surface area contributed by atoms with E-state index in [0.717, 1.165) is 29.2 Å². The van der Waals surface area contributed by atoms with Crippen molar-refractivity contribution in [3.05, 3.63) is 36.4 Å². The summed E-state index contributed by atoms with van der Waals surface area (Å²) < 4.78 is 1.98. The van der Waals surface area contributed by atoms with Gasteiger partial charge in [0.05, 0.1) is 12.4 Å². The lowest BCUT2D eigenvalue weighted by molar-refractivity contribution is 0.772. The van der Waals surface area contributed by atoms with Gasteiger partial charge in [-0.1, -0.05) is 0 Å². The molecule has 0 saturated heterocycles. The summed E-state index contributed by atoms with van der Waals surface area (Å²) in [6.45, 7) is 6.83. The van der Waals surface area contributed by atoms with Crippen LogP contribution in [0.5, 0.6) is 0 Å². The molecule has 3 aromatic heterocycles. The number of aryl methyl sites for hydroxylation is 2. The van der Waals surface area contributed by atoms with Crippen molar-refractivity contribution in [1.82, 2.24) is 29.5 Å². The van der Waals surface area contributed by atoms with Crippen LogP contribution in [-0.2, 0) is 6.54 Å². The molecule has 0 aliphatic heterocycles. The molecule has 1 N–H and O–H groups in total. The van der Waals surface area contributed by atoms with Gasteiger partial charge >= 0.3 is 0 Å². The van der Waals surface area contributed by atoms with Gasteiger partial charge in [-0.25, -0.2) is 24.9 Å². The van der Waals surface area contributed by atoms with Crippen molar-refractivity contribution in [3.63, 3.8) is 0 Å². The Morgan fingerprint density at radius 1 is 1.24 bits per heavy atom. The first kappa shape index (κ1) is 13.4. The van der Waals surface area contributed by atoms with Crippen molar-refractivity contribution < 1.29 is 0 Å². The van der Waals surface area contributed by atoms with E-state index in [4.69, 9.17) is 0 Å². The quantitative estimate of drug-likeness (QED) is 0.789. The zero-order valence-electron chi connectivity index (χ0n) is 12.3. The second kappa shape index (κ2) is 5.43. The van der Waals surface area contributed by atoms with Crippen LogP contribution in [0.4, 0.5) is 5.82 Å². The molecule has 0 bridgehead atoms. The van der Waals surface area contributed by atoms with E-state index < -0.39 is 0 Å². The van der Waals surface area contributed by atoms with Crippen LogP contribution in [0.1, 0.15) is 31.4 Å². The van der Waals surface area contributed by atoms with Gasteiger partial charge in [0, 0.05) is 18.4 Å². The number of hydrogen-bond donors (Lipinski definition) is 1. The minimum absolute atomic E-state index is 0.0604. The van der Waals surface area contributed by atoms with Crippen LogP contribution < -0.4 is 5.32 Å². The van der Waals surface area contributed by atoms with Crippen molar-refractivity contribution >= 4 is 17.0 Å². The summed E-state index contributed by atoms with van der Waals surface area (Å²) in [5.41, 5.74) is 2.53. The van der Waals surface area contributed by atoms with Crippen LogP contribution in [0.3, 0.4) is 0 Å². The number of nitrogens with one attached hydrogen (secondary N) is 1. The van der Waals surface area contributed by atoms with Gasteiger partial charge in [0.25, 0.3) is 0 Å². The molecule has 0 amide bonds. The van der Waals surface area contributed by atoms with E-state index in [1.165, 1.54) is 0 Å². The van der Waals surface area contributed by atoms with Crippen LogP contribution in [0.15, 0.2) is 24.9 Å². The fraction of sp³-hybridized carbons (Fsp3) is 0.357. The first-order valence-electron chi connectivity index (χ1n) is 6.91.